The molecule has 0 bridgehead atoms. The topological polar surface area (TPSA) is 59.1 Å². The third-order valence-electron chi connectivity index (χ3n) is 6.06. The molecule has 0 atom stereocenters. The van der Waals surface area contributed by atoms with Gasteiger partial charge in [-0.25, -0.2) is 4.90 Å². The van der Waals surface area contributed by atoms with Gasteiger partial charge in [0.1, 0.15) is 17.2 Å². The van der Waals surface area contributed by atoms with Crippen LogP contribution in [0.4, 0.5) is 11.4 Å². The molecule has 2 heterocycles. The van der Waals surface area contributed by atoms with Gasteiger partial charge in [-0.2, -0.15) is 0 Å². The molecular formula is C28H26N2O4. The molecule has 0 spiro atoms. The lowest BCUT2D eigenvalue weighted by atomic mass is 10.0. The highest BCUT2D eigenvalue weighted by atomic mass is 16.5. The second kappa shape index (κ2) is 9.06. The molecule has 6 nitrogen and oxygen atoms in total. The van der Waals surface area contributed by atoms with Crippen LogP contribution in [0.2, 0.25) is 0 Å². The van der Waals surface area contributed by atoms with Crippen molar-refractivity contribution >= 4 is 28.8 Å². The number of para-hydroxylation sites is 1. The van der Waals surface area contributed by atoms with Crippen LogP contribution < -0.4 is 19.3 Å². The molecule has 2 aliphatic heterocycles. The summed E-state index contributed by atoms with van der Waals surface area (Å²) in [4.78, 5) is 30.9. The molecular weight excluding hydrogens is 428 g/mol. The van der Waals surface area contributed by atoms with E-state index in [9.17, 15) is 9.59 Å². The lowest BCUT2D eigenvalue weighted by Crippen LogP contribution is -2.34. The summed E-state index contributed by atoms with van der Waals surface area (Å²) in [5.74, 6) is 0.655. The Labute approximate surface area is 199 Å². The molecule has 0 aromatic heterocycles. The van der Waals surface area contributed by atoms with Crippen LogP contribution in [-0.4, -0.2) is 31.6 Å². The van der Waals surface area contributed by atoms with E-state index < -0.39 is 0 Å². The summed E-state index contributed by atoms with van der Waals surface area (Å²) in [5.41, 5.74) is 4.11. The number of hydrogen-bond acceptors (Lipinski definition) is 5. The largest absolute Gasteiger partial charge is 0.494 e. The number of anilines is 2. The Hall–Kier alpha value is -4.06. The summed E-state index contributed by atoms with van der Waals surface area (Å²) >= 11 is 0. The standard InChI is InChI=1S/C28H26N2O4/c1-3-33-22-14-12-20(13-15-22)25-26(29-17-16-19-8-5-6-11-24(19)29)28(32)30(27(25)31)21-9-7-10-23(18-21)34-4-2/h5-15,18H,3-4,16-17H2,1-2H3. The Balaban J connectivity index is 1.62. The maximum absolute atomic E-state index is 13.9. The Bertz CT molecular complexity index is 1280. The molecule has 2 amide bonds. The number of rotatable bonds is 7. The van der Waals surface area contributed by atoms with Gasteiger partial charge < -0.3 is 14.4 Å². The zero-order chi connectivity index (χ0) is 23.7. The van der Waals surface area contributed by atoms with E-state index in [0.717, 1.165) is 23.4 Å². The molecule has 0 unspecified atom stereocenters. The monoisotopic (exact) mass is 454 g/mol. The van der Waals surface area contributed by atoms with E-state index in [1.165, 1.54) is 4.90 Å². The van der Waals surface area contributed by atoms with Crippen molar-refractivity contribution < 1.29 is 19.1 Å². The highest BCUT2D eigenvalue weighted by Crippen LogP contribution is 2.40. The second-order valence-electron chi connectivity index (χ2n) is 8.09. The fraction of sp³-hybridized carbons (Fsp3) is 0.214. The minimum atomic E-state index is -0.345. The summed E-state index contributed by atoms with van der Waals surface area (Å²) in [7, 11) is 0. The number of fused-ring (bicyclic) bond motifs is 1. The van der Waals surface area contributed by atoms with E-state index in [4.69, 9.17) is 9.47 Å². The van der Waals surface area contributed by atoms with Crippen molar-refractivity contribution in [2.45, 2.75) is 20.3 Å². The van der Waals surface area contributed by atoms with Gasteiger partial charge >= 0.3 is 0 Å². The van der Waals surface area contributed by atoms with Gasteiger partial charge in [0.2, 0.25) is 0 Å². The predicted octanol–water partition coefficient (Wildman–Crippen LogP) is 4.83. The van der Waals surface area contributed by atoms with Crippen LogP contribution in [0.25, 0.3) is 5.57 Å². The molecule has 3 aromatic carbocycles. The van der Waals surface area contributed by atoms with Crippen LogP contribution in [0.3, 0.4) is 0 Å². The summed E-state index contributed by atoms with van der Waals surface area (Å²) in [6, 6.07) is 22.5. The molecule has 0 fully saturated rings. The number of ether oxygens (including phenoxy) is 2. The normalized spacial score (nSPS) is 15.2. The van der Waals surface area contributed by atoms with Crippen LogP contribution in [0.15, 0.2) is 78.5 Å². The van der Waals surface area contributed by atoms with Crippen LogP contribution in [-0.2, 0) is 16.0 Å². The number of hydrogen-bond donors (Lipinski definition) is 0. The minimum absolute atomic E-state index is 0.334. The van der Waals surface area contributed by atoms with Crippen molar-refractivity contribution in [2.75, 3.05) is 29.6 Å². The number of carbonyl (C=O) groups excluding carboxylic acids is 2. The molecule has 0 saturated carbocycles. The van der Waals surface area contributed by atoms with E-state index >= 15 is 0 Å². The summed E-state index contributed by atoms with van der Waals surface area (Å²) < 4.78 is 11.2. The van der Waals surface area contributed by atoms with Crippen LogP contribution >= 0.6 is 0 Å². The van der Waals surface area contributed by atoms with Gasteiger partial charge in [0.05, 0.1) is 24.5 Å². The van der Waals surface area contributed by atoms with Gasteiger partial charge in [0.15, 0.2) is 0 Å². The smallest absolute Gasteiger partial charge is 0.282 e. The van der Waals surface area contributed by atoms with Crippen LogP contribution in [0.5, 0.6) is 11.5 Å². The number of amides is 2. The quantitative estimate of drug-likeness (QED) is 0.479. The third kappa shape index (κ3) is 3.71. The van der Waals surface area contributed by atoms with E-state index in [1.807, 2.05) is 67.3 Å². The number of benzene rings is 3. The zero-order valence-corrected chi connectivity index (χ0v) is 19.3. The Kier molecular flexibility index (Phi) is 5.80. The number of nitrogens with zero attached hydrogens (tertiary/aromatic N) is 2. The number of carbonyl (C=O) groups is 2. The van der Waals surface area contributed by atoms with E-state index in [0.29, 0.717) is 48.0 Å². The Morgan fingerprint density at radius 2 is 1.53 bits per heavy atom. The van der Waals surface area contributed by atoms with Gasteiger partial charge in [-0.1, -0.05) is 36.4 Å². The van der Waals surface area contributed by atoms with Gasteiger partial charge in [-0.05, 0) is 61.7 Å². The minimum Gasteiger partial charge on any atom is -0.494 e. The van der Waals surface area contributed by atoms with Crippen molar-refractivity contribution in [1.82, 2.24) is 0 Å². The molecule has 3 aromatic rings. The Morgan fingerprint density at radius 3 is 2.29 bits per heavy atom. The fourth-order valence-electron chi connectivity index (χ4n) is 4.60. The molecule has 2 aliphatic rings. The lowest BCUT2D eigenvalue weighted by molar-refractivity contribution is -0.120. The van der Waals surface area contributed by atoms with Gasteiger partial charge in [-0.15, -0.1) is 0 Å². The maximum atomic E-state index is 13.9. The lowest BCUT2D eigenvalue weighted by Gasteiger charge is -2.22. The molecule has 0 aliphatic carbocycles. The first-order valence-electron chi connectivity index (χ1n) is 11.6. The fourth-order valence-corrected chi connectivity index (χ4v) is 4.60. The SMILES string of the molecule is CCOc1ccc(C2=C(N3CCc4ccccc43)C(=O)N(c3cccc(OCC)c3)C2=O)cc1. The molecule has 6 heteroatoms. The van der Waals surface area contributed by atoms with Gasteiger partial charge in [0.25, 0.3) is 11.8 Å². The van der Waals surface area contributed by atoms with Crippen LogP contribution in [0, 0.1) is 0 Å². The average Bonchev–Trinajstić information content (AvgIpc) is 3.38. The summed E-state index contributed by atoms with van der Waals surface area (Å²) in [6.45, 7) is 5.51. The van der Waals surface area contributed by atoms with Crippen molar-refractivity contribution in [3.63, 3.8) is 0 Å². The van der Waals surface area contributed by atoms with E-state index in [2.05, 4.69) is 6.07 Å². The first kappa shape index (κ1) is 21.8. The third-order valence-corrected chi connectivity index (χ3v) is 6.06. The van der Waals surface area contributed by atoms with Crippen molar-refractivity contribution in [2.24, 2.45) is 0 Å². The van der Waals surface area contributed by atoms with Gasteiger partial charge in [0, 0.05) is 18.3 Å². The molecule has 5 rings (SSSR count). The average molecular weight is 455 g/mol. The maximum Gasteiger partial charge on any atom is 0.282 e. The highest BCUT2D eigenvalue weighted by molar-refractivity contribution is 6.46. The summed E-state index contributed by atoms with van der Waals surface area (Å²) in [5, 5.41) is 0. The predicted molar refractivity (Wildman–Crippen MR) is 132 cm³/mol. The summed E-state index contributed by atoms with van der Waals surface area (Å²) in [6.07, 6.45) is 0.817. The van der Waals surface area contributed by atoms with Crippen molar-refractivity contribution in [3.05, 3.63) is 89.6 Å². The van der Waals surface area contributed by atoms with E-state index in [-0.39, 0.29) is 11.8 Å². The Morgan fingerprint density at radius 1 is 0.794 bits per heavy atom. The van der Waals surface area contributed by atoms with Crippen LogP contribution in [0.1, 0.15) is 25.0 Å². The van der Waals surface area contributed by atoms with E-state index in [1.54, 1.807) is 18.2 Å². The molecule has 34 heavy (non-hydrogen) atoms. The second-order valence-corrected chi connectivity index (χ2v) is 8.09. The molecule has 0 saturated heterocycles. The number of imide groups is 1. The highest BCUT2D eigenvalue weighted by Gasteiger charge is 2.44. The van der Waals surface area contributed by atoms with Crippen molar-refractivity contribution in [3.8, 4) is 11.5 Å². The first-order valence-corrected chi connectivity index (χ1v) is 11.6. The molecule has 0 N–H and O–H groups in total. The molecule has 0 radical (unpaired) electrons. The molecule has 172 valence electrons. The van der Waals surface area contributed by atoms with Crippen molar-refractivity contribution in [1.29, 1.82) is 0 Å². The zero-order valence-electron chi connectivity index (χ0n) is 19.3. The first-order chi connectivity index (χ1) is 16.6. The van der Waals surface area contributed by atoms with Gasteiger partial charge in [-0.3, -0.25) is 9.59 Å².